The van der Waals surface area contributed by atoms with Crippen LogP contribution in [0.3, 0.4) is 0 Å². The summed E-state index contributed by atoms with van der Waals surface area (Å²) in [4.78, 5) is 0. The zero-order chi connectivity index (χ0) is 23.5. The summed E-state index contributed by atoms with van der Waals surface area (Å²) in [7, 11) is 0. The van der Waals surface area contributed by atoms with Gasteiger partial charge in [-0.25, -0.2) is 0 Å². The zero-order valence-corrected chi connectivity index (χ0v) is 23.5. The van der Waals surface area contributed by atoms with Crippen LogP contribution in [0.25, 0.3) is 0 Å². The van der Waals surface area contributed by atoms with Crippen LogP contribution in [0.5, 0.6) is 0 Å². The first-order chi connectivity index (χ1) is 16.4. The van der Waals surface area contributed by atoms with Crippen molar-refractivity contribution in [3.8, 4) is 0 Å². The van der Waals surface area contributed by atoms with E-state index in [2.05, 4.69) is 6.92 Å². The molecule has 0 bridgehead atoms. The molecule has 1 fully saturated rings. The Morgan fingerprint density at radius 3 is 0.848 bits per heavy atom. The van der Waals surface area contributed by atoms with E-state index >= 15 is 0 Å². The molecule has 0 aromatic carbocycles. The van der Waals surface area contributed by atoms with Crippen LogP contribution < -0.4 is 0 Å². The minimum absolute atomic E-state index is 1.11. The first kappa shape index (κ1) is 31.0. The summed E-state index contributed by atoms with van der Waals surface area (Å²) < 4.78 is 0. The van der Waals surface area contributed by atoms with Gasteiger partial charge in [-0.3, -0.25) is 0 Å². The van der Waals surface area contributed by atoms with Crippen LogP contribution in [0.1, 0.15) is 206 Å². The Labute approximate surface area is 211 Å². The molecule has 0 N–H and O–H groups in total. The smallest absolute Gasteiger partial charge is 0.0414 e. The molecule has 0 unspecified atom stereocenters. The standard InChI is InChI=1S/C33H66/c1-2-3-4-5-6-7-8-9-10-11-12-13-14-15-16-17-18-19-20-21-22-23-24-25-26-27-30-33-31-28-29-32-33/h33H,2-32H2,1H3. The maximum atomic E-state index is 2.31. The van der Waals surface area contributed by atoms with Gasteiger partial charge in [0.2, 0.25) is 0 Å². The maximum absolute atomic E-state index is 2.31. The van der Waals surface area contributed by atoms with E-state index in [1.807, 2.05) is 0 Å². The van der Waals surface area contributed by atoms with Crippen molar-refractivity contribution in [3.05, 3.63) is 0 Å². The lowest BCUT2D eigenvalue weighted by Gasteiger charge is -2.08. The third kappa shape index (κ3) is 23.5. The van der Waals surface area contributed by atoms with Crippen LogP contribution in [-0.4, -0.2) is 0 Å². The van der Waals surface area contributed by atoms with E-state index in [-0.39, 0.29) is 0 Å². The second-order valence-electron chi connectivity index (χ2n) is 11.8. The molecule has 1 aliphatic carbocycles. The van der Waals surface area contributed by atoms with E-state index in [0.717, 1.165) is 5.92 Å². The Kier molecular flexibility index (Phi) is 25.0. The van der Waals surface area contributed by atoms with Crippen molar-refractivity contribution in [1.82, 2.24) is 0 Å². The summed E-state index contributed by atoms with van der Waals surface area (Å²) in [6.07, 6.45) is 46.4. The molecule has 0 heterocycles. The molecule has 0 atom stereocenters. The van der Waals surface area contributed by atoms with E-state index in [9.17, 15) is 0 Å². The molecule has 0 spiro atoms. The lowest BCUT2D eigenvalue weighted by atomic mass is 9.98. The third-order valence-electron chi connectivity index (χ3n) is 8.44. The van der Waals surface area contributed by atoms with Gasteiger partial charge in [-0.05, 0) is 5.92 Å². The molecule has 1 rings (SSSR count). The van der Waals surface area contributed by atoms with Crippen LogP contribution >= 0.6 is 0 Å². The predicted molar refractivity (Wildman–Crippen MR) is 152 cm³/mol. The molecule has 1 saturated carbocycles. The average molecular weight is 463 g/mol. The van der Waals surface area contributed by atoms with Gasteiger partial charge in [0.15, 0.2) is 0 Å². The molecule has 0 heteroatoms. The first-order valence-electron chi connectivity index (χ1n) is 16.4. The topological polar surface area (TPSA) is 0 Å². The van der Waals surface area contributed by atoms with E-state index in [1.165, 1.54) is 180 Å². The normalized spacial score (nSPS) is 14.5. The highest BCUT2D eigenvalue weighted by Crippen LogP contribution is 2.29. The Morgan fingerprint density at radius 1 is 0.333 bits per heavy atom. The highest BCUT2D eigenvalue weighted by molar-refractivity contribution is 4.67. The van der Waals surface area contributed by atoms with E-state index in [1.54, 1.807) is 19.3 Å². The van der Waals surface area contributed by atoms with Crippen molar-refractivity contribution >= 4 is 0 Å². The summed E-state index contributed by atoms with van der Waals surface area (Å²) >= 11 is 0. The molecule has 0 nitrogen and oxygen atoms in total. The van der Waals surface area contributed by atoms with Crippen LogP contribution in [-0.2, 0) is 0 Å². The first-order valence-corrected chi connectivity index (χ1v) is 16.4. The van der Waals surface area contributed by atoms with Crippen LogP contribution in [0.2, 0.25) is 0 Å². The molecule has 1 aliphatic rings. The van der Waals surface area contributed by atoms with E-state index < -0.39 is 0 Å². The lowest BCUT2D eigenvalue weighted by Crippen LogP contribution is -1.92. The van der Waals surface area contributed by atoms with Gasteiger partial charge in [0.25, 0.3) is 0 Å². The van der Waals surface area contributed by atoms with Gasteiger partial charge in [-0.15, -0.1) is 0 Å². The Balaban J connectivity index is 1.60. The number of unbranched alkanes of at least 4 members (excludes halogenated alkanes) is 25. The largest absolute Gasteiger partial charge is 0.0654 e. The number of hydrogen-bond donors (Lipinski definition) is 0. The fraction of sp³-hybridized carbons (Fsp3) is 1.00. The summed E-state index contributed by atoms with van der Waals surface area (Å²) in [5.74, 6) is 1.11. The van der Waals surface area contributed by atoms with Gasteiger partial charge >= 0.3 is 0 Å². The Morgan fingerprint density at radius 2 is 0.576 bits per heavy atom. The highest BCUT2D eigenvalue weighted by Gasteiger charge is 2.13. The monoisotopic (exact) mass is 463 g/mol. The van der Waals surface area contributed by atoms with E-state index in [4.69, 9.17) is 0 Å². The van der Waals surface area contributed by atoms with Crippen molar-refractivity contribution in [2.45, 2.75) is 206 Å². The minimum Gasteiger partial charge on any atom is -0.0654 e. The molecule has 0 amide bonds. The zero-order valence-electron chi connectivity index (χ0n) is 23.5. The van der Waals surface area contributed by atoms with Crippen molar-refractivity contribution in [1.29, 1.82) is 0 Å². The molecule has 198 valence electrons. The molecule has 0 radical (unpaired) electrons. The van der Waals surface area contributed by atoms with Crippen LogP contribution in [0, 0.1) is 5.92 Å². The van der Waals surface area contributed by atoms with Gasteiger partial charge in [0.1, 0.15) is 0 Å². The van der Waals surface area contributed by atoms with Crippen molar-refractivity contribution in [3.63, 3.8) is 0 Å². The molecule has 0 saturated heterocycles. The van der Waals surface area contributed by atoms with Crippen molar-refractivity contribution in [2.75, 3.05) is 0 Å². The minimum atomic E-state index is 1.11. The molecular weight excluding hydrogens is 396 g/mol. The van der Waals surface area contributed by atoms with Gasteiger partial charge in [0, 0.05) is 0 Å². The van der Waals surface area contributed by atoms with Crippen LogP contribution in [0.15, 0.2) is 0 Å². The van der Waals surface area contributed by atoms with Gasteiger partial charge in [0.05, 0.1) is 0 Å². The maximum Gasteiger partial charge on any atom is -0.0414 e. The highest BCUT2D eigenvalue weighted by atomic mass is 14.2. The summed E-state index contributed by atoms with van der Waals surface area (Å²) in [6.45, 7) is 2.31. The van der Waals surface area contributed by atoms with Crippen molar-refractivity contribution < 1.29 is 0 Å². The average Bonchev–Trinajstić information content (AvgIpc) is 3.35. The number of rotatable bonds is 27. The molecule has 33 heavy (non-hydrogen) atoms. The fourth-order valence-corrected chi connectivity index (χ4v) is 6.05. The van der Waals surface area contributed by atoms with E-state index in [0.29, 0.717) is 0 Å². The van der Waals surface area contributed by atoms with Gasteiger partial charge in [-0.2, -0.15) is 0 Å². The molecule has 0 aromatic heterocycles. The Hall–Kier alpha value is 0. The van der Waals surface area contributed by atoms with Gasteiger partial charge in [-0.1, -0.05) is 206 Å². The lowest BCUT2D eigenvalue weighted by molar-refractivity contribution is 0.459. The molecular formula is C33H66. The quantitative estimate of drug-likeness (QED) is 0.106. The second-order valence-corrected chi connectivity index (χ2v) is 11.8. The second kappa shape index (κ2) is 26.6. The van der Waals surface area contributed by atoms with Crippen molar-refractivity contribution in [2.24, 2.45) is 5.92 Å². The fourth-order valence-electron chi connectivity index (χ4n) is 6.05. The summed E-state index contributed by atoms with van der Waals surface area (Å²) in [6, 6.07) is 0. The predicted octanol–water partition coefficient (Wildman–Crippen LogP) is 12.7. The molecule has 0 aromatic rings. The Bertz CT molecular complexity index is 340. The van der Waals surface area contributed by atoms with Crippen LogP contribution in [0.4, 0.5) is 0 Å². The SMILES string of the molecule is CCCCCCCCCCCCCCCCCCCCCCCCCCCCC1CCCC1. The summed E-state index contributed by atoms with van der Waals surface area (Å²) in [5.41, 5.74) is 0. The third-order valence-corrected chi connectivity index (χ3v) is 8.44. The summed E-state index contributed by atoms with van der Waals surface area (Å²) in [5, 5.41) is 0. The number of hydrogen-bond acceptors (Lipinski definition) is 0. The molecule has 0 aliphatic heterocycles. The van der Waals surface area contributed by atoms with Gasteiger partial charge < -0.3 is 0 Å².